The fourth-order valence-electron chi connectivity index (χ4n) is 1.44. The lowest BCUT2D eigenvalue weighted by Gasteiger charge is -2.04. The maximum atomic E-state index is 4.31. The highest BCUT2D eigenvalue weighted by Gasteiger charge is 1.97. The highest BCUT2D eigenvalue weighted by atomic mass is 79.9. The summed E-state index contributed by atoms with van der Waals surface area (Å²) in [6, 6.07) is 4.03. The number of hydrogen-bond acceptors (Lipinski definition) is 3. The Kier molecular flexibility index (Phi) is 3.56. The first-order chi connectivity index (χ1) is 7.74. The number of hydrogen-bond donors (Lipinski definition) is 1. The van der Waals surface area contributed by atoms with Crippen molar-refractivity contribution in [1.29, 1.82) is 0 Å². The Balaban J connectivity index is 1.84. The number of halogens is 1. The zero-order valence-corrected chi connectivity index (χ0v) is 10.6. The van der Waals surface area contributed by atoms with Crippen molar-refractivity contribution in [3.63, 3.8) is 0 Å². The Morgan fingerprint density at radius 2 is 2.31 bits per heavy atom. The van der Waals surface area contributed by atoms with Gasteiger partial charge in [0.1, 0.15) is 0 Å². The smallest absolute Gasteiger partial charge is 0.0642 e. The van der Waals surface area contributed by atoms with Crippen molar-refractivity contribution in [3.8, 4) is 0 Å². The first-order valence-electron chi connectivity index (χ1n) is 5.07. The number of rotatable bonds is 4. The SMILES string of the molecule is Cn1ccc(CCNc2cncc(Br)c2)n1. The fraction of sp³-hybridized carbons (Fsp3) is 0.273. The molecule has 0 aromatic carbocycles. The van der Waals surface area contributed by atoms with E-state index >= 15 is 0 Å². The number of anilines is 1. The van der Waals surface area contributed by atoms with Crippen LogP contribution in [0.25, 0.3) is 0 Å². The van der Waals surface area contributed by atoms with Crippen molar-refractivity contribution >= 4 is 21.6 Å². The molecule has 0 fully saturated rings. The van der Waals surface area contributed by atoms with Crippen LogP contribution in [0.5, 0.6) is 0 Å². The molecule has 0 bridgehead atoms. The Hall–Kier alpha value is -1.36. The number of nitrogens with one attached hydrogen (secondary N) is 1. The van der Waals surface area contributed by atoms with Crippen LogP contribution >= 0.6 is 15.9 Å². The predicted molar refractivity (Wildman–Crippen MR) is 67.3 cm³/mol. The van der Waals surface area contributed by atoms with E-state index in [2.05, 4.69) is 31.3 Å². The van der Waals surface area contributed by atoms with Crippen LogP contribution < -0.4 is 5.32 Å². The van der Waals surface area contributed by atoms with Gasteiger partial charge < -0.3 is 5.32 Å². The van der Waals surface area contributed by atoms with Gasteiger partial charge in [-0.05, 0) is 28.1 Å². The average Bonchev–Trinajstić information content (AvgIpc) is 2.64. The number of aryl methyl sites for hydroxylation is 1. The van der Waals surface area contributed by atoms with E-state index in [1.165, 1.54) is 0 Å². The van der Waals surface area contributed by atoms with Gasteiger partial charge in [0.25, 0.3) is 0 Å². The summed E-state index contributed by atoms with van der Waals surface area (Å²) in [6.07, 6.45) is 6.44. The quantitative estimate of drug-likeness (QED) is 0.934. The molecule has 0 aliphatic rings. The highest BCUT2D eigenvalue weighted by molar-refractivity contribution is 9.10. The van der Waals surface area contributed by atoms with Gasteiger partial charge in [0, 0.05) is 36.9 Å². The van der Waals surface area contributed by atoms with Gasteiger partial charge in [-0.2, -0.15) is 5.10 Å². The first-order valence-corrected chi connectivity index (χ1v) is 5.86. The lowest BCUT2D eigenvalue weighted by atomic mass is 10.3. The van der Waals surface area contributed by atoms with Gasteiger partial charge in [0.2, 0.25) is 0 Å². The summed E-state index contributed by atoms with van der Waals surface area (Å²) in [5, 5.41) is 7.61. The number of pyridine rings is 1. The largest absolute Gasteiger partial charge is 0.383 e. The van der Waals surface area contributed by atoms with Gasteiger partial charge in [0.15, 0.2) is 0 Å². The molecule has 0 spiro atoms. The molecule has 0 amide bonds. The van der Waals surface area contributed by atoms with Crippen LogP contribution in [0.2, 0.25) is 0 Å². The third-order valence-electron chi connectivity index (χ3n) is 2.18. The van der Waals surface area contributed by atoms with Gasteiger partial charge in [-0.3, -0.25) is 9.67 Å². The number of nitrogens with zero attached hydrogens (tertiary/aromatic N) is 3. The Morgan fingerprint density at radius 1 is 1.44 bits per heavy atom. The molecule has 0 aliphatic heterocycles. The minimum absolute atomic E-state index is 0.856. The molecule has 84 valence electrons. The van der Waals surface area contributed by atoms with Crippen LogP contribution in [-0.4, -0.2) is 21.3 Å². The van der Waals surface area contributed by atoms with E-state index in [1.807, 2.05) is 36.3 Å². The van der Waals surface area contributed by atoms with Crippen LogP contribution in [0.3, 0.4) is 0 Å². The van der Waals surface area contributed by atoms with E-state index in [1.54, 1.807) is 6.20 Å². The molecule has 5 heteroatoms. The molecule has 2 aromatic heterocycles. The summed E-state index contributed by atoms with van der Waals surface area (Å²) in [5.41, 5.74) is 2.11. The van der Waals surface area contributed by atoms with E-state index in [0.29, 0.717) is 0 Å². The van der Waals surface area contributed by atoms with Crippen LogP contribution in [0.4, 0.5) is 5.69 Å². The average molecular weight is 281 g/mol. The summed E-state index contributed by atoms with van der Waals surface area (Å²) in [6.45, 7) is 0.856. The van der Waals surface area contributed by atoms with Gasteiger partial charge in [-0.1, -0.05) is 0 Å². The van der Waals surface area contributed by atoms with Crippen molar-refractivity contribution in [2.75, 3.05) is 11.9 Å². The lowest BCUT2D eigenvalue weighted by molar-refractivity contribution is 0.742. The van der Waals surface area contributed by atoms with Crippen LogP contribution in [0.1, 0.15) is 5.69 Å². The summed E-state index contributed by atoms with van der Waals surface area (Å²) >= 11 is 3.38. The molecule has 2 rings (SSSR count). The minimum atomic E-state index is 0.856. The standard InChI is InChI=1S/C11H13BrN4/c1-16-5-3-10(15-16)2-4-14-11-6-9(12)7-13-8-11/h3,5-8,14H,2,4H2,1H3. The van der Waals surface area contributed by atoms with Gasteiger partial charge in [0.05, 0.1) is 17.6 Å². The molecule has 0 aliphatic carbocycles. The van der Waals surface area contributed by atoms with Crippen LogP contribution in [0.15, 0.2) is 35.2 Å². The monoisotopic (exact) mass is 280 g/mol. The van der Waals surface area contributed by atoms with Gasteiger partial charge in [-0.15, -0.1) is 0 Å². The lowest BCUT2D eigenvalue weighted by Crippen LogP contribution is -2.05. The van der Waals surface area contributed by atoms with Gasteiger partial charge in [-0.25, -0.2) is 0 Å². The van der Waals surface area contributed by atoms with Crippen molar-refractivity contribution < 1.29 is 0 Å². The molecular formula is C11H13BrN4. The summed E-state index contributed by atoms with van der Waals surface area (Å²) in [5.74, 6) is 0. The van der Waals surface area contributed by atoms with E-state index in [4.69, 9.17) is 0 Å². The number of aromatic nitrogens is 3. The summed E-state index contributed by atoms with van der Waals surface area (Å²) < 4.78 is 2.80. The van der Waals surface area contributed by atoms with Crippen molar-refractivity contribution in [1.82, 2.24) is 14.8 Å². The Morgan fingerprint density at radius 3 is 3.00 bits per heavy atom. The zero-order valence-electron chi connectivity index (χ0n) is 9.02. The molecule has 0 unspecified atom stereocenters. The molecule has 2 heterocycles. The van der Waals surface area contributed by atoms with E-state index < -0.39 is 0 Å². The topological polar surface area (TPSA) is 42.7 Å². The molecule has 0 atom stereocenters. The second-order valence-corrected chi connectivity index (χ2v) is 4.47. The maximum absolute atomic E-state index is 4.31. The van der Waals surface area contributed by atoms with E-state index in [-0.39, 0.29) is 0 Å². The molecule has 0 saturated carbocycles. The minimum Gasteiger partial charge on any atom is -0.383 e. The van der Waals surface area contributed by atoms with Gasteiger partial charge >= 0.3 is 0 Å². The normalized spacial score (nSPS) is 10.4. The van der Waals surface area contributed by atoms with E-state index in [0.717, 1.165) is 28.8 Å². The maximum Gasteiger partial charge on any atom is 0.0642 e. The first kappa shape index (κ1) is 11.1. The second-order valence-electron chi connectivity index (χ2n) is 3.55. The summed E-state index contributed by atoms with van der Waals surface area (Å²) in [7, 11) is 1.93. The second kappa shape index (κ2) is 5.12. The summed E-state index contributed by atoms with van der Waals surface area (Å²) in [4.78, 5) is 4.08. The third-order valence-corrected chi connectivity index (χ3v) is 2.62. The highest BCUT2D eigenvalue weighted by Crippen LogP contribution is 2.13. The Bertz CT molecular complexity index is 467. The molecule has 0 radical (unpaired) electrons. The van der Waals surface area contributed by atoms with Crippen LogP contribution in [-0.2, 0) is 13.5 Å². The van der Waals surface area contributed by atoms with E-state index in [9.17, 15) is 0 Å². The molecule has 1 N–H and O–H groups in total. The third kappa shape index (κ3) is 3.06. The zero-order chi connectivity index (χ0) is 11.4. The molecule has 2 aromatic rings. The van der Waals surface area contributed by atoms with Crippen molar-refractivity contribution in [2.24, 2.45) is 7.05 Å². The molecular weight excluding hydrogens is 268 g/mol. The Labute approximate surface area is 103 Å². The molecule has 0 saturated heterocycles. The van der Waals surface area contributed by atoms with Crippen molar-refractivity contribution in [3.05, 3.63) is 40.9 Å². The van der Waals surface area contributed by atoms with Crippen molar-refractivity contribution in [2.45, 2.75) is 6.42 Å². The molecule has 4 nitrogen and oxygen atoms in total. The molecule has 16 heavy (non-hydrogen) atoms. The fourth-order valence-corrected chi connectivity index (χ4v) is 1.80. The predicted octanol–water partition coefficient (Wildman–Crippen LogP) is 2.23. The van der Waals surface area contributed by atoms with Crippen LogP contribution in [0, 0.1) is 0 Å².